The Hall–Kier alpha value is -1.84. The van der Waals surface area contributed by atoms with Crippen LogP contribution < -0.4 is 10.2 Å². The second-order valence-corrected chi connectivity index (χ2v) is 8.64. The second-order valence-electron chi connectivity index (χ2n) is 8.64. The molecule has 0 unspecified atom stereocenters. The highest BCUT2D eigenvalue weighted by molar-refractivity contribution is 6.09. The van der Waals surface area contributed by atoms with Gasteiger partial charge in [0.2, 0.25) is 11.8 Å². The quantitative estimate of drug-likeness (QED) is 0.904. The van der Waals surface area contributed by atoms with Crippen LogP contribution in [0.1, 0.15) is 44.9 Å². The van der Waals surface area contributed by atoms with Gasteiger partial charge in [0.05, 0.1) is 11.4 Å². The summed E-state index contributed by atoms with van der Waals surface area (Å²) in [4.78, 5) is 26.9. The van der Waals surface area contributed by atoms with E-state index in [1.54, 1.807) is 4.90 Å². The molecule has 4 fully saturated rings. The fourth-order valence-corrected chi connectivity index (χ4v) is 6.38. The van der Waals surface area contributed by atoms with Crippen LogP contribution in [-0.4, -0.2) is 18.4 Å². The van der Waals surface area contributed by atoms with Gasteiger partial charge in [0.1, 0.15) is 6.54 Å². The van der Waals surface area contributed by atoms with Crippen LogP contribution in [0.3, 0.4) is 0 Å². The fourth-order valence-electron chi connectivity index (χ4n) is 6.38. The van der Waals surface area contributed by atoms with Crippen molar-refractivity contribution in [3.8, 4) is 0 Å². The second kappa shape index (κ2) is 5.08. The molecule has 5 aliphatic rings. The van der Waals surface area contributed by atoms with Gasteiger partial charge in [0, 0.05) is 6.42 Å². The van der Waals surface area contributed by atoms with Crippen LogP contribution in [0.25, 0.3) is 0 Å². The molecule has 1 heterocycles. The number of anilines is 2. The highest BCUT2D eigenvalue weighted by Crippen LogP contribution is 2.61. The first-order valence-electron chi connectivity index (χ1n) is 9.29. The minimum Gasteiger partial charge on any atom is -0.323 e. The van der Waals surface area contributed by atoms with Gasteiger partial charge in [-0.1, -0.05) is 12.1 Å². The molecular weight excluding hydrogens is 300 g/mol. The van der Waals surface area contributed by atoms with E-state index in [1.807, 2.05) is 24.3 Å². The van der Waals surface area contributed by atoms with Gasteiger partial charge < -0.3 is 10.2 Å². The SMILES string of the molecule is O=C1CN(C(=O)CC23CC4CC(CC(C4)C2)C3)c2ccccc2N1. The number of rotatable bonds is 2. The minimum absolute atomic E-state index is 0.0902. The first-order chi connectivity index (χ1) is 11.6. The van der Waals surface area contributed by atoms with E-state index in [0.717, 1.165) is 29.1 Å². The predicted octanol–water partition coefficient (Wildman–Crippen LogP) is 3.58. The molecule has 4 aliphatic carbocycles. The summed E-state index contributed by atoms with van der Waals surface area (Å²) >= 11 is 0. The Labute approximate surface area is 142 Å². The van der Waals surface area contributed by atoms with Crippen molar-refractivity contribution >= 4 is 23.2 Å². The molecule has 1 N–H and O–H groups in total. The van der Waals surface area contributed by atoms with Gasteiger partial charge in [-0.25, -0.2) is 0 Å². The van der Waals surface area contributed by atoms with E-state index in [0.29, 0.717) is 6.42 Å². The maximum Gasteiger partial charge on any atom is 0.244 e. The lowest BCUT2D eigenvalue weighted by molar-refractivity contribution is -0.128. The third-order valence-electron chi connectivity index (χ3n) is 6.76. The maximum atomic E-state index is 13.1. The molecule has 6 rings (SSSR count). The lowest BCUT2D eigenvalue weighted by Gasteiger charge is -2.57. The van der Waals surface area contributed by atoms with Crippen LogP contribution >= 0.6 is 0 Å². The highest BCUT2D eigenvalue weighted by Gasteiger charge is 2.52. The monoisotopic (exact) mass is 324 g/mol. The Kier molecular flexibility index (Phi) is 3.07. The van der Waals surface area contributed by atoms with Gasteiger partial charge in [-0.3, -0.25) is 9.59 Å². The molecule has 0 saturated heterocycles. The van der Waals surface area contributed by atoms with Crippen molar-refractivity contribution in [1.29, 1.82) is 0 Å². The lowest BCUT2D eigenvalue weighted by atomic mass is 9.49. The molecule has 126 valence electrons. The van der Waals surface area contributed by atoms with E-state index in [9.17, 15) is 9.59 Å². The van der Waals surface area contributed by atoms with Gasteiger partial charge in [-0.05, 0) is 73.8 Å². The Morgan fingerprint density at radius 2 is 1.71 bits per heavy atom. The Balaban J connectivity index is 1.40. The number of amides is 2. The average Bonchev–Trinajstić information content (AvgIpc) is 2.52. The van der Waals surface area contributed by atoms with Crippen molar-refractivity contribution in [1.82, 2.24) is 0 Å². The number of hydrogen-bond donors (Lipinski definition) is 1. The van der Waals surface area contributed by atoms with Crippen LogP contribution in [0.2, 0.25) is 0 Å². The fraction of sp³-hybridized carbons (Fsp3) is 0.600. The van der Waals surface area contributed by atoms with E-state index < -0.39 is 0 Å². The minimum atomic E-state index is -0.0902. The predicted molar refractivity (Wildman–Crippen MR) is 92.6 cm³/mol. The summed E-state index contributed by atoms with van der Waals surface area (Å²) < 4.78 is 0. The Morgan fingerprint density at radius 1 is 1.08 bits per heavy atom. The first-order valence-corrected chi connectivity index (χ1v) is 9.29. The van der Waals surface area contributed by atoms with Gasteiger partial charge in [0.15, 0.2) is 0 Å². The average molecular weight is 324 g/mol. The van der Waals surface area contributed by atoms with Crippen molar-refractivity contribution in [2.75, 3.05) is 16.8 Å². The zero-order valence-electron chi connectivity index (χ0n) is 14.0. The highest BCUT2D eigenvalue weighted by atomic mass is 16.2. The zero-order chi connectivity index (χ0) is 16.3. The molecule has 4 saturated carbocycles. The standard InChI is InChI=1S/C20H24N2O2/c23-18-12-22(17-4-2-1-3-16(17)21-18)19(24)11-20-8-13-5-14(9-20)7-15(6-13)10-20/h1-4,13-15H,5-12H2,(H,21,23). The Bertz CT molecular complexity index is 676. The molecule has 2 amide bonds. The molecule has 0 spiro atoms. The number of carbonyl (C=O) groups excluding carboxylic acids is 2. The molecule has 1 aliphatic heterocycles. The van der Waals surface area contributed by atoms with E-state index >= 15 is 0 Å². The molecule has 1 aromatic rings. The van der Waals surface area contributed by atoms with E-state index in [-0.39, 0.29) is 23.8 Å². The summed E-state index contributed by atoms with van der Waals surface area (Å²) in [5, 5.41) is 2.87. The Morgan fingerprint density at radius 3 is 2.38 bits per heavy atom. The van der Waals surface area contributed by atoms with Gasteiger partial charge in [-0.2, -0.15) is 0 Å². The van der Waals surface area contributed by atoms with Crippen LogP contribution in [0.5, 0.6) is 0 Å². The number of para-hydroxylation sites is 2. The molecule has 0 aromatic heterocycles. The van der Waals surface area contributed by atoms with Gasteiger partial charge in [0.25, 0.3) is 0 Å². The normalized spacial score (nSPS) is 36.4. The molecule has 4 heteroatoms. The molecular formula is C20H24N2O2. The topological polar surface area (TPSA) is 49.4 Å². The van der Waals surface area contributed by atoms with Gasteiger partial charge >= 0.3 is 0 Å². The third-order valence-corrected chi connectivity index (χ3v) is 6.76. The summed E-state index contributed by atoms with van der Waals surface area (Å²) in [7, 11) is 0. The van der Waals surface area contributed by atoms with Crippen LogP contribution in [0.15, 0.2) is 24.3 Å². The maximum absolute atomic E-state index is 13.1. The molecule has 1 aromatic carbocycles. The van der Waals surface area contributed by atoms with Crippen molar-refractivity contribution in [2.45, 2.75) is 44.9 Å². The number of carbonyl (C=O) groups is 2. The van der Waals surface area contributed by atoms with E-state index in [2.05, 4.69) is 5.32 Å². The lowest BCUT2D eigenvalue weighted by Crippen LogP contribution is -2.50. The smallest absolute Gasteiger partial charge is 0.244 e. The van der Waals surface area contributed by atoms with Crippen LogP contribution in [-0.2, 0) is 9.59 Å². The molecule has 4 nitrogen and oxygen atoms in total. The summed E-state index contributed by atoms with van der Waals surface area (Å²) in [6.45, 7) is 0.155. The summed E-state index contributed by atoms with van der Waals surface area (Å²) in [5.74, 6) is 2.59. The molecule has 0 radical (unpaired) electrons. The number of nitrogens with one attached hydrogen (secondary N) is 1. The number of hydrogen-bond acceptors (Lipinski definition) is 2. The number of nitrogens with zero attached hydrogens (tertiary/aromatic N) is 1. The number of benzene rings is 1. The van der Waals surface area contributed by atoms with Crippen molar-refractivity contribution in [2.24, 2.45) is 23.2 Å². The summed E-state index contributed by atoms with van der Waals surface area (Å²) in [6, 6.07) is 7.64. The van der Waals surface area contributed by atoms with Crippen LogP contribution in [0.4, 0.5) is 11.4 Å². The van der Waals surface area contributed by atoms with E-state index in [4.69, 9.17) is 0 Å². The number of fused-ring (bicyclic) bond motifs is 1. The molecule has 4 bridgehead atoms. The first kappa shape index (κ1) is 14.5. The van der Waals surface area contributed by atoms with E-state index in [1.165, 1.54) is 38.5 Å². The van der Waals surface area contributed by atoms with Crippen molar-refractivity contribution in [3.63, 3.8) is 0 Å². The van der Waals surface area contributed by atoms with Crippen LogP contribution in [0, 0.1) is 23.2 Å². The summed E-state index contributed by atoms with van der Waals surface area (Å²) in [5.41, 5.74) is 1.83. The summed E-state index contributed by atoms with van der Waals surface area (Å²) in [6.07, 6.45) is 8.48. The van der Waals surface area contributed by atoms with Crippen molar-refractivity contribution < 1.29 is 9.59 Å². The largest absolute Gasteiger partial charge is 0.323 e. The molecule has 0 atom stereocenters. The van der Waals surface area contributed by atoms with Crippen molar-refractivity contribution in [3.05, 3.63) is 24.3 Å². The molecule has 24 heavy (non-hydrogen) atoms. The third kappa shape index (κ3) is 2.27. The zero-order valence-corrected chi connectivity index (χ0v) is 14.0. The van der Waals surface area contributed by atoms with Gasteiger partial charge in [-0.15, -0.1) is 0 Å².